The van der Waals surface area contributed by atoms with Gasteiger partial charge in [-0.05, 0) is 54.3 Å². The standard InChI is InChI=1S/C13H20N2/c1-13(2)6-3-10-9-15-8-5-11(10)12(13)4-7-14/h5,8-9,12H,3-4,6-7,14H2,1-2H3. The maximum atomic E-state index is 5.72. The maximum Gasteiger partial charge on any atom is 0.0302 e. The Bertz CT molecular complexity index is 344. The summed E-state index contributed by atoms with van der Waals surface area (Å²) >= 11 is 0. The highest BCUT2D eigenvalue weighted by molar-refractivity contribution is 5.32. The summed E-state index contributed by atoms with van der Waals surface area (Å²) in [6.45, 7) is 5.49. The molecular formula is C13H20N2. The Labute approximate surface area is 91.9 Å². The van der Waals surface area contributed by atoms with Crippen LogP contribution in [0.2, 0.25) is 0 Å². The van der Waals surface area contributed by atoms with Gasteiger partial charge in [0.15, 0.2) is 0 Å². The van der Waals surface area contributed by atoms with E-state index in [1.54, 1.807) is 0 Å². The van der Waals surface area contributed by atoms with Crippen LogP contribution >= 0.6 is 0 Å². The molecule has 1 aliphatic rings. The molecular weight excluding hydrogens is 184 g/mol. The van der Waals surface area contributed by atoms with Gasteiger partial charge in [0.05, 0.1) is 0 Å². The lowest BCUT2D eigenvalue weighted by Gasteiger charge is -2.40. The van der Waals surface area contributed by atoms with Gasteiger partial charge >= 0.3 is 0 Å². The van der Waals surface area contributed by atoms with Crippen LogP contribution in [0.15, 0.2) is 18.5 Å². The molecule has 1 aliphatic carbocycles. The SMILES string of the molecule is CC1(C)CCc2cnccc2C1CCN. The number of rotatable bonds is 2. The second-order valence-electron chi connectivity index (χ2n) is 5.19. The van der Waals surface area contributed by atoms with E-state index in [2.05, 4.69) is 24.9 Å². The molecule has 1 heterocycles. The van der Waals surface area contributed by atoms with Crippen molar-refractivity contribution in [2.45, 2.75) is 39.0 Å². The molecule has 1 unspecified atom stereocenters. The average molecular weight is 204 g/mol. The van der Waals surface area contributed by atoms with E-state index in [1.165, 1.54) is 17.5 Å². The highest BCUT2D eigenvalue weighted by Crippen LogP contribution is 2.46. The third-order valence-electron chi connectivity index (χ3n) is 3.75. The molecule has 0 spiro atoms. The molecule has 1 atom stereocenters. The number of pyridine rings is 1. The lowest BCUT2D eigenvalue weighted by atomic mass is 9.65. The van der Waals surface area contributed by atoms with Gasteiger partial charge in [0.1, 0.15) is 0 Å². The predicted molar refractivity (Wildman–Crippen MR) is 62.8 cm³/mol. The fraction of sp³-hybridized carbons (Fsp3) is 0.615. The molecule has 0 amide bonds. The lowest BCUT2D eigenvalue weighted by Crippen LogP contribution is -2.30. The van der Waals surface area contributed by atoms with Crippen molar-refractivity contribution in [1.82, 2.24) is 4.98 Å². The molecule has 0 saturated heterocycles. The Morgan fingerprint density at radius 2 is 2.33 bits per heavy atom. The molecule has 2 rings (SSSR count). The number of nitrogens with zero attached hydrogens (tertiary/aromatic N) is 1. The number of aromatic nitrogens is 1. The quantitative estimate of drug-likeness (QED) is 0.803. The maximum absolute atomic E-state index is 5.72. The van der Waals surface area contributed by atoms with Crippen molar-refractivity contribution >= 4 is 0 Å². The summed E-state index contributed by atoms with van der Waals surface area (Å²) in [4.78, 5) is 4.21. The van der Waals surface area contributed by atoms with Gasteiger partial charge in [0.2, 0.25) is 0 Å². The first kappa shape index (κ1) is 10.6. The molecule has 1 aromatic rings. The Kier molecular flexibility index (Phi) is 2.79. The van der Waals surface area contributed by atoms with Crippen LogP contribution in [-0.4, -0.2) is 11.5 Å². The summed E-state index contributed by atoms with van der Waals surface area (Å²) < 4.78 is 0. The Morgan fingerprint density at radius 1 is 1.53 bits per heavy atom. The second kappa shape index (κ2) is 3.93. The van der Waals surface area contributed by atoms with E-state index in [-0.39, 0.29) is 0 Å². The van der Waals surface area contributed by atoms with Crippen molar-refractivity contribution < 1.29 is 0 Å². The smallest absolute Gasteiger partial charge is 0.0302 e. The van der Waals surface area contributed by atoms with Crippen molar-refractivity contribution in [1.29, 1.82) is 0 Å². The minimum absolute atomic E-state index is 0.383. The first-order chi connectivity index (χ1) is 7.15. The van der Waals surface area contributed by atoms with Crippen LogP contribution in [0.25, 0.3) is 0 Å². The molecule has 82 valence electrons. The third kappa shape index (κ3) is 1.91. The Morgan fingerprint density at radius 3 is 3.07 bits per heavy atom. The van der Waals surface area contributed by atoms with E-state index in [1.807, 2.05) is 12.4 Å². The summed E-state index contributed by atoms with van der Waals surface area (Å²) in [5.74, 6) is 0.606. The van der Waals surface area contributed by atoms with Crippen molar-refractivity contribution in [3.8, 4) is 0 Å². The summed E-state index contributed by atoms with van der Waals surface area (Å²) in [6, 6.07) is 2.18. The number of nitrogens with two attached hydrogens (primary N) is 1. The summed E-state index contributed by atoms with van der Waals surface area (Å²) in [5.41, 5.74) is 9.01. The molecule has 0 fully saturated rings. The molecule has 1 aromatic heterocycles. The van der Waals surface area contributed by atoms with E-state index < -0.39 is 0 Å². The average Bonchev–Trinajstić information content (AvgIpc) is 2.23. The summed E-state index contributed by atoms with van der Waals surface area (Å²) in [5, 5.41) is 0. The van der Waals surface area contributed by atoms with E-state index in [0.717, 1.165) is 19.4 Å². The summed E-state index contributed by atoms with van der Waals surface area (Å²) in [6.07, 6.45) is 7.43. The molecule has 2 nitrogen and oxygen atoms in total. The van der Waals surface area contributed by atoms with E-state index in [4.69, 9.17) is 5.73 Å². The first-order valence-corrected chi connectivity index (χ1v) is 5.78. The number of hydrogen-bond acceptors (Lipinski definition) is 2. The van der Waals surface area contributed by atoms with E-state index >= 15 is 0 Å². The number of aryl methyl sites for hydroxylation is 1. The zero-order valence-corrected chi connectivity index (χ0v) is 9.66. The van der Waals surface area contributed by atoms with Crippen molar-refractivity contribution in [2.75, 3.05) is 6.54 Å². The summed E-state index contributed by atoms with van der Waals surface area (Å²) in [7, 11) is 0. The van der Waals surface area contributed by atoms with Crippen LogP contribution in [0.5, 0.6) is 0 Å². The van der Waals surface area contributed by atoms with Crippen molar-refractivity contribution in [2.24, 2.45) is 11.1 Å². The molecule has 0 aliphatic heterocycles. The van der Waals surface area contributed by atoms with Crippen LogP contribution in [0.4, 0.5) is 0 Å². The Balaban J connectivity index is 2.39. The van der Waals surface area contributed by atoms with Crippen molar-refractivity contribution in [3.63, 3.8) is 0 Å². The Hall–Kier alpha value is -0.890. The lowest BCUT2D eigenvalue weighted by molar-refractivity contribution is 0.235. The van der Waals surface area contributed by atoms with Gasteiger partial charge in [0, 0.05) is 12.4 Å². The second-order valence-corrected chi connectivity index (χ2v) is 5.19. The van der Waals surface area contributed by atoms with Crippen LogP contribution in [-0.2, 0) is 6.42 Å². The monoisotopic (exact) mass is 204 g/mol. The highest BCUT2D eigenvalue weighted by Gasteiger charge is 2.34. The molecule has 2 N–H and O–H groups in total. The van der Waals surface area contributed by atoms with Crippen LogP contribution in [0.3, 0.4) is 0 Å². The van der Waals surface area contributed by atoms with E-state index in [9.17, 15) is 0 Å². The fourth-order valence-corrected chi connectivity index (χ4v) is 2.75. The molecule has 0 radical (unpaired) electrons. The minimum Gasteiger partial charge on any atom is -0.330 e. The first-order valence-electron chi connectivity index (χ1n) is 5.78. The van der Waals surface area contributed by atoms with Crippen molar-refractivity contribution in [3.05, 3.63) is 29.6 Å². The zero-order chi connectivity index (χ0) is 10.9. The van der Waals surface area contributed by atoms with Crippen LogP contribution < -0.4 is 5.73 Å². The van der Waals surface area contributed by atoms with Crippen LogP contribution in [0.1, 0.15) is 43.7 Å². The van der Waals surface area contributed by atoms with Gasteiger partial charge in [-0.15, -0.1) is 0 Å². The highest BCUT2D eigenvalue weighted by atomic mass is 14.6. The zero-order valence-electron chi connectivity index (χ0n) is 9.66. The van der Waals surface area contributed by atoms with Crippen LogP contribution in [0, 0.1) is 5.41 Å². The van der Waals surface area contributed by atoms with Gasteiger partial charge in [-0.3, -0.25) is 4.98 Å². The normalized spacial score (nSPS) is 23.5. The molecule has 0 bridgehead atoms. The molecule has 15 heavy (non-hydrogen) atoms. The van der Waals surface area contributed by atoms with E-state index in [0.29, 0.717) is 11.3 Å². The largest absolute Gasteiger partial charge is 0.330 e. The topological polar surface area (TPSA) is 38.9 Å². The fourth-order valence-electron chi connectivity index (χ4n) is 2.75. The molecule has 0 aromatic carbocycles. The van der Waals surface area contributed by atoms with Gasteiger partial charge in [-0.25, -0.2) is 0 Å². The molecule has 0 saturated carbocycles. The number of hydrogen-bond donors (Lipinski definition) is 1. The number of fused-ring (bicyclic) bond motifs is 1. The van der Waals surface area contributed by atoms with Gasteiger partial charge < -0.3 is 5.73 Å². The molecule has 2 heteroatoms. The van der Waals surface area contributed by atoms with Gasteiger partial charge in [-0.2, -0.15) is 0 Å². The van der Waals surface area contributed by atoms with Gasteiger partial charge in [-0.1, -0.05) is 13.8 Å². The van der Waals surface area contributed by atoms with Gasteiger partial charge in [0.25, 0.3) is 0 Å². The minimum atomic E-state index is 0.383. The third-order valence-corrected chi connectivity index (χ3v) is 3.75. The predicted octanol–water partition coefficient (Wildman–Crippen LogP) is 2.49.